The van der Waals surface area contributed by atoms with Crippen molar-refractivity contribution in [1.82, 2.24) is 10.2 Å². The third-order valence-electron chi connectivity index (χ3n) is 3.27. The highest BCUT2D eigenvalue weighted by Crippen LogP contribution is 2.21. The lowest BCUT2D eigenvalue weighted by molar-refractivity contribution is -0.117. The van der Waals surface area contributed by atoms with E-state index in [0.29, 0.717) is 11.0 Å². The van der Waals surface area contributed by atoms with E-state index in [1.807, 2.05) is 26.0 Å². The molecule has 0 fully saturated rings. The third kappa shape index (κ3) is 4.36. The Balaban J connectivity index is 2.01. The average molecular weight is 303 g/mol. The van der Waals surface area contributed by atoms with Crippen LogP contribution in [0.1, 0.15) is 42.8 Å². The lowest BCUT2D eigenvalue weighted by atomic mass is 9.96. The maximum absolute atomic E-state index is 12.2. The Hall–Kier alpha value is -1.75. The highest BCUT2D eigenvalue weighted by molar-refractivity contribution is 7.15. The van der Waals surface area contributed by atoms with Gasteiger partial charge in [-0.3, -0.25) is 4.79 Å². The van der Waals surface area contributed by atoms with Crippen molar-refractivity contribution < 1.29 is 4.79 Å². The average Bonchev–Trinajstić information content (AvgIpc) is 2.83. The highest BCUT2D eigenvalue weighted by Gasteiger charge is 2.16. The van der Waals surface area contributed by atoms with E-state index < -0.39 is 0 Å². The van der Waals surface area contributed by atoms with Gasteiger partial charge in [0.25, 0.3) is 0 Å². The molecule has 1 aromatic carbocycles. The first-order valence-corrected chi connectivity index (χ1v) is 7.97. The largest absolute Gasteiger partial charge is 0.300 e. The molecule has 1 amide bonds. The Kier molecular flexibility index (Phi) is 5.07. The van der Waals surface area contributed by atoms with Crippen LogP contribution in [0.25, 0.3) is 0 Å². The van der Waals surface area contributed by atoms with Crippen LogP contribution < -0.4 is 5.32 Å². The van der Waals surface area contributed by atoms with Crippen LogP contribution in [0.2, 0.25) is 0 Å². The molecular weight excluding hydrogens is 282 g/mol. The number of aromatic nitrogens is 2. The summed E-state index contributed by atoms with van der Waals surface area (Å²) in [6, 6.07) is 8.28. The molecule has 1 atom stereocenters. The SMILES string of the molecule is Cc1nnc(NC(=O)[C@H](C)c2ccc(CC(C)C)cc2)s1. The normalized spacial score (nSPS) is 12.4. The topological polar surface area (TPSA) is 54.9 Å². The van der Waals surface area contributed by atoms with Crippen molar-refractivity contribution in [3.63, 3.8) is 0 Å². The summed E-state index contributed by atoms with van der Waals surface area (Å²) in [7, 11) is 0. The van der Waals surface area contributed by atoms with Gasteiger partial charge >= 0.3 is 0 Å². The third-order valence-corrected chi connectivity index (χ3v) is 4.03. The standard InChI is InChI=1S/C16H21N3OS/c1-10(2)9-13-5-7-14(8-6-13)11(3)15(20)17-16-19-18-12(4)21-16/h5-8,10-11H,9H2,1-4H3,(H,17,19,20)/t11-/m1/s1. The number of amides is 1. The molecule has 0 radical (unpaired) electrons. The van der Waals surface area contributed by atoms with Crippen LogP contribution in [0.5, 0.6) is 0 Å². The number of hydrogen-bond acceptors (Lipinski definition) is 4. The predicted molar refractivity (Wildman–Crippen MR) is 86.7 cm³/mol. The number of carbonyl (C=O) groups is 1. The van der Waals surface area contributed by atoms with Gasteiger partial charge in [0, 0.05) is 0 Å². The van der Waals surface area contributed by atoms with Gasteiger partial charge in [-0.25, -0.2) is 0 Å². The Labute approximate surface area is 129 Å². The summed E-state index contributed by atoms with van der Waals surface area (Å²) in [5.74, 6) is 0.377. The van der Waals surface area contributed by atoms with Gasteiger partial charge in [0.2, 0.25) is 11.0 Å². The molecule has 0 unspecified atom stereocenters. The number of hydrogen-bond donors (Lipinski definition) is 1. The number of aryl methyl sites for hydroxylation is 1. The van der Waals surface area contributed by atoms with Crippen LogP contribution in [-0.2, 0) is 11.2 Å². The van der Waals surface area contributed by atoms with E-state index in [9.17, 15) is 4.79 Å². The number of anilines is 1. The number of rotatable bonds is 5. The molecule has 21 heavy (non-hydrogen) atoms. The second kappa shape index (κ2) is 6.80. The second-order valence-corrected chi connectivity index (χ2v) is 6.86. The van der Waals surface area contributed by atoms with Gasteiger partial charge in [-0.1, -0.05) is 49.4 Å². The Morgan fingerprint density at radius 1 is 1.19 bits per heavy atom. The predicted octanol–water partition coefficient (Wildman–Crippen LogP) is 3.79. The molecule has 1 heterocycles. The first-order valence-electron chi connectivity index (χ1n) is 7.15. The molecule has 0 aliphatic heterocycles. The van der Waals surface area contributed by atoms with E-state index in [2.05, 4.69) is 41.5 Å². The minimum Gasteiger partial charge on any atom is -0.300 e. The van der Waals surface area contributed by atoms with E-state index in [1.54, 1.807) is 0 Å². The van der Waals surface area contributed by atoms with Crippen LogP contribution in [-0.4, -0.2) is 16.1 Å². The molecule has 4 nitrogen and oxygen atoms in total. The molecule has 2 rings (SSSR count). The molecule has 0 saturated heterocycles. The van der Waals surface area contributed by atoms with Crippen molar-refractivity contribution in [2.24, 2.45) is 5.92 Å². The summed E-state index contributed by atoms with van der Waals surface area (Å²) in [6.07, 6.45) is 1.06. The van der Waals surface area contributed by atoms with E-state index in [0.717, 1.165) is 17.0 Å². The number of carbonyl (C=O) groups excluding carboxylic acids is 1. The van der Waals surface area contributed by atoms with Crippen molar-refractivity contribution >= 4 is 22.4 Å². The van der Waals surface area contributed by atoms with Crippen LogP contribution in [0.15, 0.2) is 24.3 Å². The van der Waals surface area contributed by atoms with Gasteiger partial charge in [0.1, 0.15) is 5.01 Å². The minimum absolute atomic E-state index is 0.0530. The van der Waals surface area contributed by atoms with Crippen molar-refractivity contribution in [2.45, 2.75) is 40.0 Å². The lowest BCUT2D eigenvalue weighted by Gasteiger charge is -2.12. The monoisotopic (exact) mass is 303 g/mol. The fourth-order valence-electron chi connectivity index (χ4n) is 2.13. The quantitative estimate of drug-likeness (QED) is 0.914. The summed E-state index contributed by atoms with van der Waals surface area (Å²) in [4.78, 5) is 12.2. The zero-order valence-electron chi connectivity index (χ0n) is 12.9. The molecule has 0 bridgehead atoms. The van der Waals surface area contributed by atoms with E-state index in [4.69, 9.17) is 0 Å². The van der Waals surface area contributed by atoms with Gasteiger partial charge in [0.05, 0.1) is 5.92 Å². The summed E-state index contributed by atoms with van der Waals surface area (Å²) >= 11 is 1.38. The van der Waals surface area contributed by atoms with Crippen LogP contribution in [0.3, 0.4) is 0 Å². The molecule has 0 aliphatic rings. The fraction of sp³-hybridized carbons (Fsp3) is 0.438. The maximum atomic E-state index is 12.2. The van der Waals surface area contributed by atoms with Gasteiger partial charge < -0.3 is 5.32 Å². The summed E-state index contributed by atoms with van der Waals surface area (Å²) < 4.78 is 0. The van der Waals surface area contributed by atoms with E-state index in [1.165, 1.54) is 16.9 Å². The molecule has 2 aromatic rings. The summed E-state index contributed by atoms with van der Waals surface area (Å²) in [5.41, 5.74) is 2.32. The van der Waals surface area contributed by atoms with Gasteiger partial charge in [-0.15, -0.1) is 10.2 Å². The fourth-order valence-corrected chi connectivity index (χ4v) is 2.72. The zero-order chi connectivity index (χ0) is 15.4. The molecular formula is C16H21N3OS. The highest BCUT2D eigenvalue weighted by atomic mass is 32.1. The zero-order valence-corrected chi connectivity index (χ0v) is 13.7. The number of nitrogens with zero attached hydrogens (tertiary/aromatic N) is 2. The van der Waals surface area contributed by atoms with Gasteiger partial charge in [0.15, 0.2) is 0 Å². The molecule has 0 aliphatic carbocycles. The molecule has 5 heteroatoms. The lowest BCUT2D eigenvalue weighted by Crippen LogP contribution is -2.18. The van der Waals surface area contributed by atoms with Crippen molar-refractivity contribution in [3.8, 4) is 0 Å². The Morgan fingerprint density at radius 2 is 1.86 bits per heavy atom. The van der Waals surface area contributed by atoms with Gasteiger partial charge in [-0.2, -0.15) is 0 Å². The smallest absolute Gasteiger partial charge is 0.233 e. The maximum Gasteiger partial charge on any atom is 0.233 e. The van der Waals surface area contributed by atoms with Crippen molar-refractivity contribution in [1.29, 1.82) is 0 Å². The minimum atomic E-state index is -0.206. The van der Waals surface area contributed by atoms with Crippen molar-refractivity contribution in [3.05, 3.63) is 40.4 Å². The van der Waals surface area contributed by atoms with Crippen molar-refractivity contribution in [2.75, 3.05) is 5.32 Å². The van der Waals surface area contributed by atoms with Crippen LogP contribution in [0, 0.1) is 12.8 Å². The molecule has 0 saturated carbocycles. The molecule has 0 spiro atoms. The first kappa shape index (κ1) is 15.6. The number of nitrogens with one attached hydrogen (secondary N) is 1. The Bertz CT molecular complexity index is 604. The van der Waals surface area contributed by atoms with Crippen LogP contribution in [0.4, 0.5) is 5.13 Å². The van der Waals surface area contributed by atoms with Gasteiger partial charge in [-0.05, 0) is 37.3 Å². The second-order valence-electron chi connectivity index (χ2n) is 5.68. The van der Waals surface area contributed by atoms with E-state index in [-0.39, 0.29) is 11.8 Å². The molecule has 1 N–H and O–H groups in total. The first-order chi connectivity index (χ1) is 9.95. The summed E-state index contributed by atoms with van der Waals surface area (Å²) in [6.45, 7) is 8.17. The molecule has 112 valence electrons. The number of benzene rings is 1. The van der Waals surface area contributed by atoms with Crippen LogP contribution >= 0.6 is 11.3 Å². The van der Waals surface area contributed by atoms with E-state index >= 15 is 0 Å². The molecule has 1 aromatic heterocycles. The summed E-state index contributed by atoms with van der Waals surface area (Å²) in [5, 5.41) is 12.0. The Morgan fingerprint density at radius 3 is 2.38 bits per heavy atom.